The lowest BCUT2D eigenvalue weighted by atomic mass is 10.0. The van der Waals surface area contributed by atoms with Gasteiger partial charge in [0, 0.05) is 10.6 Å². The minimum Gasteiger partial charge on any atom is -0.507 e. The molecule has 2 aromatic rings. The predicted octanol–water partition coefficient (Wildman–Crippen LogP) is 2.71. The van der Waals surface area contributed by atoms with E-state index in [0.29, 0.717) is 10.6 Å². The van der Waals surface area contributed by atoms with Crippen LogP contribution in [0.4, 0.5) is 5.69 Å². The fraction of sp³-hybridized carbons (Fsp3) is 0. The highest BCUT2D eigenvalue weighted by molar-refractivity contribution is 6.30. The predicted molar refractivity (Wildman–Crippen MR) is 66.3 cm³/mol. The van der Waals surface area contributed by atoms with Crippen molar-refractivity contribution in [2.45, 2.75) is 0 Å². The van der Waals surface area contributed by atoms with E-state index in [-0.39, 0.29) is 28.5 Å². The molecule has 0 atom stereocenters. The van der Waals surface area contributed by atoms with Gasteiger partial charge in [-0.05, 0) is 30.3 Å². The maximum Gasteiger partial charge on any atom is 0.139 e. The van der Waals surface area contributed by atoms with E-state index < -0.39 is 0 Å². The van der Waals surface area contributed by atoms with Crippen molar-refractivity contribution in [3.8, 4) is 28.4 Å². The molecule has 0 saturated heterocycles. The van der Waals surface area contributed by atoms with Crippen molar-refractivity contribution in [2.24, 2.45) is 0 Å². The summed E-state index contributed by atoms with van der Waals surface area (Å²) in [6.07, 6.45) is 0. The van der Waals surface area contributed by atoms with Gasteiger partial charge in [-0.15, -0.1) is 0 Å². The first kappa shape index (κ1) is 11.4. The number of benzene rings is 2. The summed E-state index contributed by atoms with van der Waals surface area (Å²) in [5, 5.41) is 29.3. The van der Waals surface area contributed by atoms with Crippen molar-refractivity contribution in [3.05, 3.63) is 35.4 Å². The SMILES string of the molecule is Nc1c(O)ccc(O)c1-c1ccc(Cl)cc1O. The molecule has 0 fully saturated rings. The Morgan fingerprint density at radius 1 is 0.882 bits per heavy atom. The van der Waals surface area contributed by atoms with Crippen LogP contribution in [0.3, 0.4) is 0 Å². The number of hydrogen-bond acceptors (Lipinski definition) is 4. The van der Waals surface area contributed by atoms with Crippen LogP contribution in [-0.2, 0) is 0 Å². The van der Waals surface area contributed by atoms with Crippen molar-refractivity contribution in [1.29, 1.82) is 0 Å². The highest BCUT2D eigenvalue weighted by atomic mass is 35.5. The average molecular weight is 252 g/mol. The Morgan fingerprint density at radius 3 is 2.18 bits per heavy atom. The van der Waals surface area contributed by atoms with Crippen molar-refractivity contribution < 1.29 is 15.3 Å². The fourth-order valence-electron chi connectivity index (χ4n) is 1.60. The summed E-state index contributed by atoms with van der Waals surface area (Å²) in [6.45, 7) is 0. The van der Waals surface area contributed by atoms with Gasteiger partial charge in [-0.3, -0.25) is 0 Å². The van der Waals surface area contributed by atoms with Crippen LogP contribution in [0.2, 0.25) is 5.02 Å². The van der Waals surface area contributed by atoms with Gasteiger partial charge < -0.3 is 21.1 Å². The fourth-order valence-corrected chi connectivity index (χ4v) is 1.76. The molecular weight excluding hydrogens is 242 g/mol. The molecule has 0 saturated carbocycles. The average Bonchev–Trinajstić information content (AvgIpc) is 2.27. The maximum absolute atomic E-state index is 9.75. The van der Waals surface area contributed by atoms with Gasteiger partial charge in [0.2, 0.25) is 0 Å². The molecule has 5 heteroatoms. The van der Waals surface area contributed by atoms with E-state index in [1.54, 1.807) is 6.07 Å². The minimum atomic E-state index is -0.160. The summed E-state index contributed by atoms with van der Waals surface area (Å²) >= 11 is 5.71. The van der Waals surface area contributed by atoms with E-state index in [1.165, 1.54) is 24.3 Å². The Hall–Kier alpha value is -2.07. The number of nitrogens with two attached hydrogens (primary N) is 1. The third-order valence-corrected chi connectivity index (χ3v) is 2.66. The highest BCUT2D eigenvalue weighted by Crippen LogP contribution is 2.43. The van der Waals surface area contributed by atoms with Gasteiger partial charge in [-0.1, -0.05) is 11.6 Å². The van der Waals surface area contributed by atoms with Crippen molar-refractivity contribution in [1.82, 2.24) is 0 Å². The zero-order valence-electron chi connectivity index (χ0n) is 8.68. The van der Waals surface area contributed by atoms with E-state index in [4.69, 9.17) is 17.3 Å². The molecule has 2 rings (SSSR count). The van der Waals surface area contributed by atoms with Crippen molar-refractivity contribution >= 4 is 17.3 Å². The van der Waals surface area contributed by atoms with E-state index in [2.05, 4.69) is 0 Å². The van der Waals surface area contributed by atoms with Gasteiger partial charge in [-0.25, -0.2) is 0 Å². The molecular formula is C12H10ClNO3. The molecule has 4 nitrogen and oxygen atoms in total. The van der Waals surface area contributed by atoms with Gasteiger partial charge in [0.1, 0.15) is 17.2 Å². The molecule has 0 bridgehead atoms. The molecule has 0 heterocycles. The lowest BCUT2D eigenvalue weighted by Crippen LogP contribution is -1.92. The monoisotopic (exact) mass is 251 g/mol. The first-order valence-corrected chi connectivity index (χ1v) is 5.18. The van der Waals surface area contributed by atoms with Gasteiger partial charge in [0.25, 0.3) is 0 Å². The first-order chi connectivity index (χ1) is 8.00. The Morgan fingerprint density at radius 2 is 1.53 bits per heavy atom. The van der Waals surface area contributed by atoms with Crippen LogP contribution in [0.1, 0.15) is 0 Å². The molecule has 5 N–H and O–H groups in total. The van der Waals surface area contributed by atoms with Crippen LogP contribution >= 0.6 is 11.6 Å². The maximum atomic E-state index is 9.75. The number of phenols is 3. The van der Waals surface area contributed by atoms with Crippen LogP contribution in [-0.4, -0.2) is 15.3 Å². The second kappa shape index (κ2) is 4.07. The molecule has 0 spiro atoms. The Kier molecular flexibility index (Phi) is 2.73. The van der Waals surface area contributed by atoms with Gasteiger partial charge in [0.05, 0.1) is 11.3 Å². The minimum absolute atomic E-state index is 0.00243. The molecule has 88 valence electrons. The number of rotatable bonds is 1. The molecule has 17 heavy (non-hydrogen) atoms. The Labute approximate surface area is 103 Å². The van der Waals surface area contributed by atoms with Gasteiger partial charge >= 0.3 is 0 Å². The summed E-state index contributed by atoms with van der Waals surface area (Å²) in [7, 11) is 0. The standard InChI is InChI=1S/C12H10ClNO3/c13-6-1-2-7(10(17)5-6)11-8(15)3-4-9(16)12(11)14/h1-5,15-17H,14H2. The molecule has 0 aliphatic rings. The Balaban J connectivity index is 2.72. The zero-order chi connectivity index (χ0) is 12.6. The van der Waals surface area contributed by atoms with E-state index >= 15 is 0 Å². The summed E-state index contributed by atoms with van der Waals surface area (Å²) < 4.78 is 0. The lowest BCUT2D eigenvalue weighted by Gasteiger charge is -2.11. The van der Waals surface area contributed by atoms with Gasteiger partial charge in [-0.2, -0.15) is 0 Å². The molecule has 0 radical (unpaired) electrons. The molecule has 0 aliphatic carbocycles. The van der Waals surface area contributed by atoms with E-state index in [9.17, 15) is 15.3 Å². The summed E-state index contributed by atoms with van der Waals surface area (Å²) in [5.74, 6) is -0.407. The number of aromatic hydroxyl groups is 3. The molecule has 2 aromatic carbocycles. The summed E-state index contributed by atoms with van der Waals surface area (Å²) in [5.41, 5.74) is 6.16. The largest absolute Gasteiger partial charge is 0.507 e. The summed E-state index contributed by atoms with van der Waals surface area (Å²) in [4.78, 5) is 0. The van der Waals surface area contributed by atoms with Crippen LogP contribution in [0.25, 0.3) is 11.1 Å². The number of nitrogen functional groups attached to an aromatic ring is 1. The van der Waals surface area contributed by atoms with Crippen LogP contribution < -0.4 is 5.73 Å². The van der Waals surface area contributed by atoms with Crippen molar-refractivity contribution in [2.75, 3.05) is 5.73 Å². The first-order valence-electron chi connectivity index (χ1n) is 4.80. The molecule has 0 aliphatic heterocycles. The summed E-state index contributed by atoms with van der Waals surface area (Å²) in [6, 6.07) is 6.98. The third-order valence-electron chi connectivity index (χ3n) is 2.43. The zero-order valence-corrected chi connectivity index (χ0v) is 9.44. The van der Waals surface area contributed by atoms with Crippen LogP contribution in [0.15, 0.2) is 30.3 Å². The third kappa shape index (κ3) is 1.94. The van der Waals surface area contributed by atoms with Gasteiger partial charge in [0.15, 0.2) is 0 Å². The quantitative estimate of drug-likeness (QED) is 0.357. The molecule has 0 amide bonds. The number of halogens is 1. The normalized spacial score (nSPS) is 10.4. The second-order valence-corrected chi connectivity index (χ2v) is 3.99. The number of anilines is 1. The highest BCUT2D eigenvalue weighted by Gasteiger charge is 2.15. The van der Waals surface area contributed by atoms with E-state index in [0.717, 1.165) is 0 Å². The smallest absolute Gasteiger partial charge is 0.139 e. The second-order valence-electron chi connectivity index (χ2n) is 3.55. The number of phenolic OH excluding ortho intramolecular Hbond substituents is 3. The van der Waals surface area contributed by atoms with Crippen LogP contribution in [0, 0.1) is 0 Å². The lowest BCUT2D eigenvalue weighted by molar-refractivity contribution is 0.461. The van der Waals surface area contributed by atoms with E-state index in [1.807, 2.05) is 0 Å². The topological polar surface area (TPSA) is 86.7 Å². The number of hydrogen-bond donors (Lipinski definition) is 4. The van der Waals surface area contributed by atoms with Crippen molar-refractivity contribution in [3.63, 3.8) is 0 Å². The molecule has 0 unspecified atom stereocenters. The molecule has 0 aromatic heterocycles. The van der Waals surface area contributed by atoms with Crippen LogP contribution in [0.5, 0.6) is 17.2 Å². The Bertz CT molecular complexity index is 584.